The number of carboxylic acid groups (broad SMARTS) is 1. The first-order valence-corrected chi connectivity index (χ1v) is 14.5. The Kier molecular flexibility index (Phi) is 13.0. The molecule has 13 heteroatoms. The summed E-state index contributed by atoms with van der Waals surface area (Å²) in [5.74, 6) is -3.57. The van der Waals surface area contributed by atoms with Crippen LogP contribution in [0, 0.1) is 5.92 Å². The van der Waals surface area contributed by atoms with E-state index in [9.17, 15) is 39.6 Å². The first kappa shape index (κ1) is 37.1. The third kappa shape index (κ3) is 11.1. The second-order valence-electron chi connectivity index (χ2n) is 12.3. The molecular formula is C32H45N3O10. The predicted octanol–water partition coefficient (Wildman–Crippen LogP) is 1.74. The number of aliphatic hydroxyl groups is 4. The predicted molar refractivity (Wildman–Crippen MR) is 165 cm³/mol. The van der Waals surface area contributed by atoms with Gasteiger partial charge in [0.15, 0.2) is 0 Å². The van der Waals surface area contributed by atoms with Crippen LogP contribution in [0.5, 0.6) is 5.75 Å². The molecule has 2 aromatic rings. The Morgan fingerprint density at radius 2 is 1.44 bits per heavy atom. The minimum absolute atomic E-state index is 0.0159. The summed E-state index contributed by atoms with van der Waals surface area (Å²) < 4.78 is 5.18. The van der Waals surface area contributed by atoms with Crippen LogP contribution in [0.15, 0.2) is 54.6 Å². The van der Waals surface area contributed by atoms with Gasteiger partial charge in [-0.15, -0.1) is 0 Å². The number of hydrogen-bond acceptors (Lipinski definition) is 9. The van der Waals surface area contributed by atoms with Gasteiger partial charge in [-0.25, -0.2) is 0 Å². The van der Waals surface area contributed by atoms with Crippen molar-refractivity contribution in [3.05, 3.63) is 60.2 Å². The molecule has 3 amide bonds. The molecule has 0 fully saturated rings. The minimum Gasteiger partial charge on any atom is -0.481 e. The summed E-state index contributed by atoms with van der Waals surface area (Å²) in [5.41, 5.74) is -0.474. The van der Waals surface area contributed by atoms with E-state index in [4.69, 9.17) is 9.84 Å². The molecule has 248 valence electrons. The molecule has 7 N–H and O–H groups in total. The molecule has 45 heavy (non-hydrogen) atoms. The third-order valence-electron chi connectivity index (χ3n) is 7.32. The topological polar surface area (TPSA) is 206 Å². The smallest absolute Gasteiger partial charge is 0.308 e. The van der Waals surface area contributed by atoms with Gasteiger partial charge in [-0.3, -0.25) is 19.2 Å². The molecule has 0 aromatic heterocycles. The van der Waals surface area contributed by atoms with Crippen LogP contribution in [-0.4, -0.2) is 96.3 Å². The van der Waals surface area contributed by atoms with Gasteiger partial charge in [0.1, 0.15) is 18.0 Å². The van der Waals surface area contributed by atoms with Crippen LogP contribution in [0.1, 0.15) is 64.7 Å². The number of carbonyl (C=O) groups is 4. The zero-order valence-corrected chi connectivity index (χ0v) is 26.4. The Morgan fingerprint density at radius 1 is 0.867 bits per heavy atom. The Bertz CT molecular complexity index is 1300. The van der Waals surface area contributed by atoms with Gasteiger partial charge >= 0.3 is 5.97 Å². The zero-order valence-electron chi connectivity index (χ0n) is 26.4. The van der Waals surface area contributed by atoms with Crippen molar-refractivity contribution in [2.45, 2.75) is 90.1 Å². The van der Waals surface area contributed by atoms with Crippen molar-refractivity contribution < 1.29 is 49.4 Å². The first-order valence-electron chi connectivity index (χ1n) is 14.5. The highest BCUT2D eigenvalue weighted by Crippen LogP contribution is 2.27. The fourth-order valence-electron chi connectivity index (χ4n) is 5.15. The van der Waals surface area contributed by atoms with Gasteiger partial charge in [-0.2, -0.15) is 0 Å². The molecule has 0 aliphatic heterocycles. The molecule has 0 saturated heterocycles. The number of aliphatic hydroxyl groups excluding tert-OH is 4. The lowest BCUT2D eigenvalue weighted by Gasteiger charge is -2.43. The SMILES string of the molecule is CC(=O)N(CCC(=O)Nc1ccc(OC(O)C(O)C(O)C(O)C(C)C(=O)O)cc1)C(C)(C)CC(C)(C)NC(=O)c1ccccc1. The molecule has 2 rings (SSSR count). The second kappa shape index (κ2) is 15.8. The average molecular weight is 632 g/mol. The number of carbonyl (C=O) groups excluding carboxylic acids is 3. The average Bonchev–Trinajstić information content (AvgIpc) is 2.95. The maximum absolute atomic E-state index is 12.7. The molecule has 13 nitrogen and oxygen atoms in total. The second-order valence-corrected chi connectivity index (χ2v) is 12.3. The molecule has 0 bridgehead atoms. The number of rotatable bonds is 16. The molecule has 0 aliphatic carbocycles. The lowest BCUT2D eigenvalue weighted by molar-refractivity contribution is -0.177. The fraction of sp³-hybridized carbons (Fsp3) is 0.500. The Morgan fingerprint density at radius 3 is 1.98 bits per heavy atom. The maximum atomic E-state index is 12.7. The van der Waals surface area contributed by atoms with Crippen molar-refractivity contribution in [1.29, 1.82) is 0 Å². The van der Waals surface area contributed by atoms with Crippen LogP contribution in [-0.2, 0) is 14.4 Å². The van der Waals surface area contributed by atoms with E-state index in [1.165, 1.54) is 31.2 Å². The van der Waals surface area contributed by atoms with Crippen molar-refractivity contribution in [3.8, 4) is 5.75 Å². The number of amides is 3. The number of nitrogens with zero attached hydrogens (tertiary/aromatic N) is 1. The summed E-state index contributed by atoms with van der Waals surface area (Å²) in [6.07, 6.45) is -7.46. The first-order chi connectivity index (χ1) is 20.8. The number of nitrogens with one attached hydrogen (secondary N) is 2. The van der Waals surface area contributed by atoms with Gasteiger partial charge in [0.2, 0.25) is 18.1 Å². The lowest BCUT2D eigenvalue weighted by Crippen LogP contribution is -2.55. The number of aliphatic carboxylic acids is 1. The summed E-state index contributed by atoms with van der Waals surface area (Å²) in [6, 6.07) is 14.5. The minimum atomic E-state index is -2.01. The third-order valence-corrected chi connectivity index (χ3v) is 7.32. The van der Waals surface area contributed by atoms with Gasteiger partial charge in [0.25, 0.3) is 5.91 Å². The number of hydrogen-bond donors (Lipinski definition) is 7. The Balaban J connectivity index is 1.94. The maximum Gasteiger partial charge on any atom is 0.308 e. The monoisotopic (exact) mass is 631 g/mol. The molecule has 5 unspecified atom stereocenters. The van der Waals surface area contributed by atoms with Crippen molar-refractivity contribution in [3.63, 3.8) is 0 Å². The number of ether oxygens (including phenoxy) is 1. The number of carboxylic acids is 1. The van der Waals surface area contributed by atoms with Gasteiger partial charge in [-0.1, -0.05) is 18.2 Å². The zero-order chi connectivity index (χ0) is 34.1. The molecule has 0 aliphatic rings. The van der Waals surface area contributed by atoms with Gasteiger partial charge in [0.05, 0.1) is 12.0 Å². The Labute approximate surface area is 262 Å². The van der Waals surface area contributed by atoms with E-state index in [1.807, 2.05) is 33.8 Å². The van der Waals surface area contributed by atoms with Crippen LogP contribution in [0.25, 0.3) is 0 Å². The molecular weight excluding hydrogens is 586 g/mol. The van der Waals surface area contributed by atoms with Crippen molar-refractivity contribution in [2.24, 2.45) is 5.92 Å². The van der Waals surface area contributed by atoms with Crippen LogP contribution >= 0.6 is 0 Å². The van der Waals surface area contributed by atoms with E-state index in [0.29, 0.717) is 17.7 Å². The molecule has 0 heterocycles. The summed E-state index contributed by atoms with van der Waals surface area (Å²) in [7, 11) is 0. The standard InChI is InChI=1S/C32H45N3O10/c1-19(29(42)43)25(38)26(39)27(40)30(44)45-23-14-12-22(13-15-23)33-24(37)16-17-35(20(2)36)32(5,6)18-31(3,4)34-28(41)21-10-8-7-9-11-21/h7-15,19,25-27,30,38-40,44H,16-18H2,1-6H3,(H,33,37)(H,34,41)(H,42,43). The van der Waals surface area contributed by atoms with E-state index in [-0.39, 0.29) is 36.4 Å². The number of benzene rings is 2. The van der Waals surface area contributed by atoms with E-state index < -0.39 is 47.6 Å². The summed E-state index contributed by atoms with van der Waals surface area (Å²) in [6.45, 7) is 10.2. The Hall–Kier alpha value is -4.04. The normalized spacial score (nSPS) is 15.2. The van der Waals surface area contributed by atoms with Crippen LogP contribution in [0.3, 0.4) is 0 Å². The molecule has 2 aromatic carbocycles. The molecule has 5 atom stereocenters. The lowest BCUT2D eigenvalue weighted by atomic mass is 9.85. The van der Waals surface area contributed by atoms with Gasteiger partial charge in [-0.05, 0) is 77.4 Å². The summed E-state index contributed by atoms with van der Waals surface area (Å²) in [5, 5.41) is 54.8. The highest BCUT2D eigenvalue weighted by atomic mass is 16.6. The quantitative estimate of drug-likeness (QED) is 0.134. The highest BCUT2D eigenvalue weighted by molar-refractivity contribution is 5.94. The summed E-state index contributed by atoms with van der Waals surface area (Å²) >= 11 is 0. The molecule has 0 radical (unpaired) electrons. The summed E-state index contributed by atoms with van der Waals surface area (Å²) in [4.78, 5) is 50.7. The highest BCUT2D eigenvalue weighted by Gasteiger charge is 2.38. The van der Waals surface area contributed by atoms with E-state index >= 15 is 0 Å². The van der Waals surface area contributed by atoms with Crippen LogP contribution in [0.2, 0.25) is 0 Å². The van der Waals surface area contributed by atoms with Gasteiger partial charge in [0, 0.05) is 42.2 Å². The molecule has 0 spiro atoms. The van der Waals surface area contributed by atoms with E-state index in [2.05, 4.69) is 10.6 Å². The van der Waals surface area contributed by atoms with E-state index in [0.717, 1.165) is 6.92 Å². The van der Waals surface area contributed by atoms with Crippen molar-refractivity contribution in [1.82, 2.24) is 10.2 Å². The number of anilines is 1. The largest absolute Gasteiger partial charge is 0.481 e. The van der Waals surface area contributed by atoms with Crippen LogP contribution in [0.4, 0.5) is 5.69 Å². The van der Waals surface area contributed by atoms with Crippen molar-refractivity contribution in [2.75, 3.05) is 11.9 Å². The van der Waals surface area contributed by atoms with Crippen molar-refractivity contribution >= 4 is 29.4 Å². The van der Waals surface area contributed by atoms with E-state index in [1.54, 1.807) is 29.2 Å². The molecule has 0 saturated carbocycles. The van der Waals surface area contributed by atoms with Crippen LogP contribution < -0.4 is 15.4 Å². The van der Waals surface area contributed by atoms with Gasteiger partial charge < -0.3 is 45.8 Å². The fourth-order valence-corrected chi connectivity index (χ4v) is 5.15.